The molecule has 0 aliphatic carbocycles. The lowest BCUT2D eigenvalue weighted by atomic mass is 10.1. The average Bonchev–Trinajstić information content (AvgIpc) is 2.38. The third-order valence-corrected chi connectivity index (χ3v) is 3.27. The molecule has 0 fully saturated rings. The number of nitrogens with two attached hydrogens (primary N) is 1. The molecule has 18 heavy (non-hydrogen) atoms. The molecule has 0 spiro atoms. The fraction of sp³-hybridized carbons (Fsp3) is 0.214. The summed E-state index contributed by atoms with van der Waals surface area (Å²) < 4.78 is 0. The van der Waals surface area contributed by atoms with Gasteiger partial charge in [0.1, 0.15) is 5.82 Å². The number of hydrogen-bond acceptors (Lipinski definition) is 3. The first-order valence-electron chi connectivity index (χ1n) is 5.78. The molecule has 1 heterocycles. The van der Waals surface area contributed by atoms with Crippen molar-refractivity contribution in [1.82, 2.24) is 4.98 Å². The average molecular weight is 262 g/mol. The highest BCUT2D eigenvalue weighted by molar-refractivity contribution is 6.30. The van der Waals surface area contributed by atoms with Crippen LogP contribution >= 0.6 is 11.6 Å². The normalized spacial score (nSPS) is 12.2. The Morgan fingerprint density at radius 2 is 2.06 bits per heavy atom. The Hall–Kier alpha value is -1.74. The molecule has 2 aromatic rings. The lowest BCUT2D eigenvalue weighted by molar-refractivity contribution is 0.729. The third-order valence-electron chi connectivity index (χ3n) is 3.05. The maximum atomic E-state index is 5.84. The van der Waals surface area contributed by atoms with Crippen molar-refractivity contribution in [2.45, 2.75) is 13.0 Å². The summed E-state index contributed by atoms with van der Waals surface area (Å²) in [6, 6.07) is 11.8. The van der Waals surface area contributed by atoms with Gasteiger partial charge in [-0.1, -0.05) is 23.7 Å². The van der Waals surface area contributed by atoms with Crippen LogP contribution in [0.2, 0.25) is 5.02 Å². The number of anilines is 2. The van der Waals surface area contributed by atoms with Crippen molar-refractivity contribution in [3.8, 4) is 0 Å². The van der Waals surface area contributed by atoms with E-state index in [1.165, 1.54) is 0 Å². The highest BCUT2D eigenvalue weighted by Gasteiger charge is 2.13. The van der Waals surface area contributed by atoms with Gasteiger partial charge in [-0.25, -0.2) is 4.98 Å². The monoisotopic (exact) mass is 261 g/mol. The van der Waals surface area contributed by atoms with Crippen LogP contribution < -0.4 is 10.6 Å². The van der Waals surface area contributed by atoms with Gasteiger partial charge in [-0.3, -0.25) is 0 Å². The second-order valence-corrected chi connectivity index (χ2v) is 4.73. The van der Waals surface area contributed by atoms with Crippen LogP contribution in [-0.4, -0.2) is 12.0 Å². The van der Waals surface area contributed by atoms with Gasteiger partial charge >= 0.3 is 0 Å². The zero-order chi connectivity index (χ0) is 13.1. The highest BCUT2D eigenvalue weighted by atomic mass is 35.5. The summed E-state index contributed by atoms with van der Waals surface area (Å²) in [4.78, 5) is 6.40. The molecule has 0 saturated carbocycles. The molecule has 1 aromatic carbocycles. The molecular formula is C14H16ClN3. The van der Waals surface area contributed by atoms with Gasteiger partial charge in [0, 0.05) is 18.9 Å². The lowest BCUT2D eigenvalue weighted by Crippen LogP contribution is -2.22. The Morgan fingerprint density at radius 1 is 1.28 bits per heavy atom. The predicted octanol–water partition coefficient (Wildman–Crippen LogP) is 3.51. The molecule has 0 aliphatic heterocycles. The van der Waals surface area contributed by atoms with E-state index in [2.05, 4.69) is 22.9 Å². The molecule has 2 rings (SSSR count). The van der Waals surface area contributed by atoms with E-state index in [0.29, 0.717) is 5.02 Å². The maximum Gasteiger partial charge on any atom is 0.128 e. The van der Waals surface area contributed by atoms with Crippen molar-refractivity contribution in [1.29, 1.82) is 0 Å². The molecule has 1 aromatic heterocycles. The molecule has 94 valence electrons. The molecule has 1 unspecified atom stereocenters. The van der Waals surface area contributed by atoms with Crippen LogP contribution in [0.1, 0.15) is 18.5 Å². The van der Waals surface area contributed by atoms with Crippen molar-refractivity contribution < 1.29 is 0 Å². The molecule has 0 bridgehead atoms. The molecular weight excluding hydrogens is 246 g/mol. The second kappa shape index (κ2) is 5.27. The number of hydrogen-bond donors (Lipinski definition) is 1. The zero-order valence-electron chi connectivity index (χ0n) is 10.5. The fourth-order valence-corrected chi connectivity index (χ4v) is 1.93. The van der Waals surface area contributed by atoms with Gasteiger partial charge in [-0.2, -0.15) is 0 Å². The molecule has 4 heteroatoms. The van der Waals surface area contributed by atoms with Crippen molar-refractivity contribution in [2.24, 2.45) is 0 Å². The Balaban J connectivity index is 2.23. The van der Waals surface area contributed by atoms with E-state index in [-0.39, 0.29) is 6.04 Å². The summed E-state index contributed by atoms with van der Waals surface area (Å²) in [5, 5.41) is 0.642. The summed E-state index contributed by atoms with van der Waals surface area (Å²) in [5.41, 5.74) is 7.74. The van der Waals surface area contributed by atoms with Crippen molar-refractivity contribution in [3.05, 3.63) is 53.2 Å². The van der Waals surface area contributed by atoms with Crippen LogP contribution in [0, 0.1) is 0 Å². The van der Waals surface area contributed by atoms with E-state index < -0.39 is 0 Å². The van der Waals surface area contributed by atoms with Gasteiger partial charge < -0.3 is 10.6 Å². The molecule has 0 radical (unpaired) electrons. The SMILES string of the molecule is CC(c1cccc(N)c1)N(C)c1ccc(Cl)cn1. The van der Waals surface area contributed by atoms with E-state index in [0.717, 1.165) is 17.1 Å². The number of rotatable bonds is 3. The van der Waals surface area contributed by atoms with Gasteiger partial charge in [-0.15, -0.1) is 0 Å². The van der Waals surface area contributed by atoms with E-state index >= 15 is 0 Å². The molecule has 0 aliphatic rings. The second-order valence-electron chi connectivity index (χ2n) is 4.29. The molecule has 0 amide bonds. The molecule has 1 atom stereocenters. The Morgan fingerprint density at radius 3 is 2.67 bits per heavy atom. The first kappa shape index (κ1) is 12.7. The summed E-state index contributed by atoms with van der Waals surface area (Å²) in [6.07, 6.45) is 1.65. The summed E-state index contributed by atoms with van der Waals surface area (Å²) in [5.74, 6) is 0.884. The standard InChI is InChI=1S/C14H16ClN3/c1-10(11-4-3-5-13(16)8-11)18(2)14-7-6-12(15)9-17-14/h3-10H,16H2,1-2H3. The molecule has 2 N–H and O–H groups in total. The minimum absolute atomic E-state index is 0.196. The first-order chi connectivity index (χ1) is 8.58. The van der Waals surface area contributed by atoms with Gasteiger partial charge in [0.25, 0.3) is 0 Å². The van der Waals surface area contributed by atoms with Crippen LogP contribution in [0.3, 0.4) is 0 Å². The summed E-state index contributed by atoms with van der Waals surface area (Å²) >= 11 is 5.84. The minimum atomic E-state index is 0.196. The van der Waals surface area contributed by atoms with Crippen LogP contribution in [0.15, 0.2) is 42.6 Å². The molecule has 3 nitrogen and oxygen atoms in total. The zero-order valence-corrected chi connectivity index (χ0v) is 11.2. The quantitative estimate of drug-likeness (QED) is 0.860. The van der Waals surface area contributed by atoms with E-state index in [4.69, 9.17) is 17.3 Å². The van der Waals surface area contributed by atoms with Gasteiger partial charge in [0.05, 0.1) is 11.1 Å². The van der Waals surface area contributed by atoms with Crippen LogP contribution in [0.4, 0.5) is 11.5 Å². The number of nitrogens with zero attached hydrogens (tertiary/aromatic N) is 2. The van der Waals surface area contributed by atoms with Gasteiger partial charge in [0.15, 0.2) is 0 Å². The maximum absolute atomic E-state index is 5.84. The molecule has 0 saturated heterocycles. The van der Waals surface area contributed by atoms with E-state index in [9.17, 15) is 0 Å². The lowest BCUT2D eigenvalue weighted by Gasteiger charge is -2.26. The Kier molecular flexibility index (Phi) is 3.72. The number of nitrogen functional groups attached to an aromatic ring is 1. The summed E-state index contributed by atoms with van der Waals surface area (Å²) in [7, 11) is 2.00. The van der Waals surface area contributed by atoms with Crippen LogP contribution in [0.25, 0.3) is 0 Å². The fourth-order valence-electron chi connectivity index (χ4n) is 1.82. The predicted molar refractivity (Wildman–Crippen MR) is 76.9 cm³/mol. The van der Waals surface area contributed by atoms with Crippen molar-refractivity contribution in [2.75, 3.05) is 17.7 Å². The van der Waals surface area contributed by atoms with E-state index in [1.807, 2.05) is 37.4 Å². The van der Waals surface area contributed by atoms with E-state index in [1.54, 1.807) is 6.20 Å². The highest BCUT2D eigenvalue weighted by Crippen LogP contribution is 2.25. The van der Waals surface area contributed by atoms with Crippen molar-refractivity contribution >= 4 is 23.1 Å². The first-order valence-corrected chi connectivity index (χ1v) is 6.15. The van der Waals surface area contributed by atoms with Gasteiger partial charge in [-0.05, 0) is 36.8 Å². The largest absolute Gasteiger partial charge is 0.399 e. The van der Waals surface area contributed by atoms with Gasteiger partial charge in [0.2, 0.25) is 0 Å². The number of pyridine rings is 1. The number of benzene rings is 1. The summed E-state index contributed by atoms with van der Waals surface area (Å²) in [6.45, 7) is 2.12. The third kappa shape index (κ3) is 2.74. The van der Waals surface area contributed by atoms with Crippen molar-refractivity contribution in [3.63, 3.8) is 0 Å². The van der Waals surface area contributed by atoms with Crippen LogP contribution in [0.5, 0.6) is 0 Å². The smallest absolute Gasteiger partial charge is 0.128 e. The van der Waals surface area contributed by atoms with Crippen LogP contribution in [-0.2, 0) is 0 Å². The number of halogens is 1. The Bertz CT molecular complexity index is 525. The Labute approximate surface area is 112 Å². The minimum Gasteiger partial charge on any atom is -0.399 e. The topological polar surface area (TPSA) is 42.1 Å². The number of aromatic nitrogens is 1.